The molecule has 2 heterocycles. The molecule has 3 nitrogen and oxygen atoms in total. The third kappa shape index (κ3) is 2.62. The monoisotopic (exact) mass is 289 g/mol. The third-order valence-electron chi connectivity index (χ3n) is 2.55. The zero-order valence-electron chi connectivity index (χ0n) is 8.50. The van der Waals surface area contributed by atoms with Gasteiger partial charge in [-0.2, -0.15) is 0 Å². The number of hydrogen-bond donors (Lipinski definition) is 1. The van der Waals surface area contributed by atoms with Crippen LogP contribution in [0.15, 0.2) is 16.7 Å². The lowest BCUT2D eigenvalue weighted by Crippen LogP contribution is -2.54. The zero-order chi connectivity index (χ0) is 10.8. The molecule has 5 heteroatoms. The van der Waals surface area contributed by atoms with Crippen molar-refractivity contribution in [2.24, 2.45) is 0 Å². The first-order valence-corrected chi connectivity index (χ1v) is 6.16. The summed E-state index contributed by atoms with van der Waals surface area (Å²) in [5.41, 5.74) is 0. The smallest absolute Gasteiger partial charge is 0.145 e. The Morgan fingerprint density at radius 1 is 1.67 bits per heavy atom. The number of nitrogens with one attached hydrogen (secondary N) is 1. The van der Waals surface area contributed by atoms with Crippen LogP contribution in [0.2, 0.25) is 5.02 Å². The first-order valence-electron chi connectivity index (χ1n) is 4.99. The minimum Gasteiger partial charge on any atom is -0.364 e. The third-order valence-corrected chi connectivity index (χ3v) is 3.27. The van der Waals surface area contributed by atoms with Crippen LogP contribution in [-0.2, 0) is 0 Å². The van der Waals surface area contributed by atoms with Crippen molar-refractivity contribution in [3.8, 4) is 0 Å². The maximum atomic E-state index is 6.06. The Labute approximate surface area is 103 Å². The SMILES string of the molecule is CCN1CC(Nc2ncc(Br)cc2Cl)C1. The summed E-state index contributed by atoms with van der Waals surface area (Å²) in [4.78, 5) is 6.61. The van der Waals surface area contributed by atoms with Gasteiger partial charge in [0.05, 0.1) is 11.1 Å². The van der Waals surface area contributed by atoms with Crippen molar-refractivity contribution in [1.29, 1.82) is 0 Å². The fourth-order valence-electron chi connectivity index (χ4n) is 1.63. The molecule has 0 aliphatic carbocycles. The number of aromatic nitrogens is 1. The van der Waals surface area contributed by atoms with Gasteiger partial charge in [-0.25, -0.2) is 4.98 Å². The molecule has 82 valence electrons. The maximum absolute atomic E-state index is 6.06. The van der Waals surface area contributed by atoms with E-state index >= 15 is 0 Å². The summed E-state index contributed by atoms with van der Waals surface area (Å²) < 4.78 is 0.904. The zero-order valence-corrected chi connectivity index (χ0v) is 10.8. The Hall–Kier alpha value is -0.320. The molecule has 0 spiro atoms. The van der Waals surface area contributed by atoms with E-state index in [1.54, 1.807) is 6.20 Å². The average molecular weight is 291 g/mol. The second kappa shape index (κ2) is 4.68. The van der Waals surface area contributed by atoms with Crippen LogP contribution in [0.3, 0.4) is 0 Å². The first-order chi connectivity index (χ1) is 7.19. The maximum Gasteiger partial charge on any atom is 0.145 e. The Kier molecular flexibility index (Phi) is 3.49. The molecule has 1 aliphatic heterocycles. The van der Waals surface area contributed by atoms with Crippen LogP contribution in [0.1, 0.15) is 6.92 Å². The topological polar surface area (TPSA) is 28.2 Å². The molecule has 1 aliphatic rings. The van der Waals surface area contributed by atoms with E-state index < -0.39 is 0 Å². The van der Waals surface area contributed by atoms with Crippen molar-refractivity contribution < 1.29 is 0 Å². The summed E-state index contributed by atoms with van der Waals surface area (Å²) in [6, 6.07) is 2.34. The largest absolute Gasteiger partial charge is 0.364 e. The molecule has 0 amide bonds. The van der Waals surface area contributed by atoms with Crippen molar-refractivity contribution in [3.05, 3.63) is 21.8 Å². The summed E-state index contributed by atoms with van der Waals surface area (Å²) in [6.45, 7) is 5.43. The number of likely N-dealkylation sites (tertiary alicyclic amines) is 1. The van der Waals surface area contributed by atoms with E-state index in [-0.39, 0.29) is 0 Å². The van der Waals surface area contributed by atoms with E-state index in [0.29, 0.717) is 11.1 Å². The lowest BCUT2D eigenvalue weighted by atomic mass is 10.1. The summed E-state index contributed by atoms with van der Waals surface area (Å²) in [7, 11) is 0. The van der Waals surface area contributed by atoms with Crippen molar-refractivity contribution in [1.82, 2.24) is 9.88 Å². The minimum absolute atomic E-state index is 0.483. The fraction of sp³-hybridized carbons (Fsp3) is 0.500. The fourth-order valence-corrected chi connectivity index (χ4v) is 2.32. The Morgan fingerprint density at radius 2 is 2.40 bits per heavy atom. The number of halogens is 2. The van der Waals surface area contributed by atoms with Gasteiger partial charge in [-0.3, -0.25) is 4.90 Å². The Morgan fingerprint density at radius 3 is 3.00 bits per heavy atom. The van der Waals surface area contributed by atoms with Gasteiger partial charge in [-0.05, 0) is 28.5 Å². The summed E-state index contributed by atoms with van der Waals surface area (Å²) in [5.74, 6) is 0.778. The van der Waals surface area contributed by atoms with E-state index in [9.17, 15) is 0 Å². The van der Waals surface area contributed by atoms with Crippen LogP contribution in [0.5, 0.6) is 0 Å². The molecule has 0 atom stereocenters. The van der Waals surface area contributed by atoms with Gasteiger partial charge in [0.25, 0.3) is 0 Å². The van der Waals surface area contributed by atoms with Crippen LogP contribution < -0.4 is 5.32 Å². The van der Waals surface area contributed by atoms with Gasteiger partial charge in [0, 0.05) is 23.8 Å². The second-order valence-electron chi connectivity index (χ2n) is 3.68. The van der Waals surface area contributed by atoms with Crippen LogP contribution in [0.25, 0.3) is 0 Å². The molecule has 0 aromatic carbocycles. The summed E-state index contributed by atoms with van der Waals surface area (Å²) in [5, 5.41) is 4.00. The average Bonchev–Trinajstić information content (AvgIpc) is 2.13. The minimum atomic E-state index is 0.483. The van der Waals surface area contributed by atoms with E-state index in [2.05, 4.69) is 38.1 Å². The summed E-state index contributed by atoms with van der Waals surface area (Å²) >= 11 is 9.39. The Bertz CT molecular complexity index is 353. The lowest BCUT2D eigenvalue weighted by molar-refractivity contribution is 0.171. The quantitative estimate of drug-likeness (QED) is 0.927. The van der Waals surface area contributed by atoms with Crippen LogP contribution in [0, 0.1) is 0 Å². The second-order valence-corrected chi connectivity index (χ2v) is 5.00. The highest BCUT2D eigenvalue weighted by Gasteiger charge is 2.25. The van der Waals surface area contributed by atoms with Crippen molar-refractivity contribution in [3.63, 3.8) is 0 Å². The van der Waals surface area contributed by atoms with E-state index in [4.69, 9.17) is 11.6 Å². The van der Waals surface area contributed by atoms with Crippen molar-refractivity contribution in [2.45, 2.75) is 13.0 Å². The van der Waals surface area contributed by atoms with Gasteiger partial charge in [-0.1, -0.05) is 18.5 Å². The molecule has 0 bridgehead atoms. The van der Waals surface area contributed by atoms with Gasteiger partial charge in [0.15, 0.2) is 0 Å². The van der Waals surface area contributed by atoms with E-state index in [1.165, 1.54) is 0 Å². The van der Waals surface area contributed by atoms with E-state index in [0.717, 1.165) is 29.9 Å². The number of hydrogen-bond acceptors (Lipinski definition) is 3. The van der Waals surface area contributed by atoms with Gasteiger partial charge < -0.3 is 5.32 Å². The molecule has 1 N–H and O–H groups in total. The Balaban J connectivity index is 1.94. The molecule has 1 aromatic heterocycles. The standard InChI is InChI=1S/C10H13BrClN3/c1-2-15-5-8(6-15)14-10-9(12)3-7(11)4-13-10/h3-4,8H,2,5-6H2,1H3,(H,13,14). The van der Waals surface area contributed by atoms with Crippen molar-refractivity contribution in [2.75, 3.05) is 25.0 Å². The highest BCUT2D eigenvalue weighted by atomic mass is 79.9. The molecule has 1 saturated heterocycles. The van der Waals surface area contributed by atoms with Crippen molar-refractivity contribution >= 4 is 33.3 Å². The number of anilines is 1. The summed E-state index contributed by atoms with van der Waals surface area (Å²) in [6.07, 6.45) is 1.75. The van der Waals surface area contributed by atoms with E-state index in [1.807, 2.05) is 6.07 Å². The molecule has 0 saturated carbocycles. The molecule has 1 fully saturated rings. The molecule has 15 heavy (non-hydrogen) atoms. The number of rotatable bonds is 3. The molecular formula is C10H13BrClN3. The highest BCUT2D eigenvalue weighted by Crippen LogP contribution is 2.24. The van der Waals surface area contributed by atoms with Crippen LogP contribution in [-0.4, -0.2) is 35.6 Å². The van der Waals surface area contributed by atoms with Gasteiger partial charge in [0.2, 0.25) is 0 Å². The van der Waals surface area contributed by atoms with Gasteiger partial charge in [0.1, 0.15) is 5.82 Å². The molecule has 1 aromatic rings. The van der Waals surface area contributed by atoms with Gasteiger partial charge in [-0.15, -0.1) is 0 Å². The predicted molar refractivity (Wildman–Crippen MR) is 66.5 cm³/mol. The molecule has 0 unspecified atom stereocenters. The number of pyridine rings is 1. The first kappa shape index (κ1) is 11.2. The molecule has 0 radical (unpaired) electrons. The number of nitrogens with zero attached hydrogens (tertiary/aromatic N) is 2. The normalized spacial score (nSPS) is 17.5. The lowest BCUT2D eigenvalue weighted by Gasteiger charge is -2.39. The molecular weight excluding hydrogens is 277 g/mol. The highest BCUT2D eigenvalue weighted by molar-refractivity contribution is 9.10. The van der Waals surface area contributed by atoms with Crippen LogP contribution in [0.4, 0.5) is 5.82 Å². The predicted octanol–water partition coefficient (Wildman–Crippen LogP) is 2.61. The number of likely N-dealkylation sites (N-methyl/N-ethyl adjacent to an activating group) is 1. The van der Waals surface area contributed by atoms with Crippen LogP contribution >= 0.6 is 27.5 Å². The van der Waals surface area contributed by atoms with Gasteiger partial charge >= 0.3 is 0 Å². The molecule has 2 rings (SSSR count).